The Kier molecular flexibility index (Phi) is 3.20. The van der Waals surface area contributed by atoms with Gasteiger partial charge >= 0.3 is 0 Å². The molecule has 0 radical (unpaired) electrons. The van der Waals surface area contributed by atoms with Crippen molar-refractivity contribution in [3.05, 3.63) is 35.9 Å². The predicted molar refractivity (Wildman–Crippen MR) is 58.0 cm³/mol. The minimum atomic E-state index is -0.255. The van der Waals surface area contributed by atoms with E-state index >= 15 is 0 Å². The van der Waals surface area contributed by atoms with E-state index in [0.29, 0.717) is 0 Å². The molecule has 2 rings (SSSR count). The van der Waals surface area contributed by atoms with Crippen LogP contribution in [-0.2, 0) is 0 Å². The molecule has 0 saturated heterocycles. The fraction of sp³-hybridized carbons (Fsp3) is 0.538. The lowest BCUT2D eigenvalue weighted by Gasteiger charge is -2.09. The minimum absolute atomic E-state index is 0.255. The SMILES string of the molecule is OC(CCCC1CC1)c1ccccc1. The van der Waals surface area contributed by atoms with E-state index in [0.717, 1.165) is 17.9 Å². The van der Waals surface area contributed by atoms with Crippen molar-refractivity contribution in [2.45, 2.75) is 38.2 Å². The highest BCUT2D eigenvalue weighted by molar-refractivity contribution is 5.16. The van der Waals surface area contributed by atoms with Gasteiger partial charge in [0.25, 0.3) is 0 Å². The van der Waals surface area contributed by atoms with Crippen LogP contribution in [0, 0.1) is 5.92 Å². The standard InChI is InChI=1S/C13H18O/c14-13(8-4-5-11-9-10-11)12-6-2-1-3-7-12/h1-3,6-7,11,13-14H,4-5,8-10H2. The molecule has 76 valence electrons. The second kappa shape index (κ2) is 4.61. The average Bonchev–Trinajstić information content (AvgIpc) is 3.03. The van der Waals surface area contributed by atoms with Crippen LogP contribution < -0.4 is 0 Å². The largest absolute Gasteiger partial charge is 0.388 e. The zero-order chi connectivity index (χ0) is 9.80. The Morgan fingerprint density at radius 2 is 1.93 bits per heavy atom. The molecule has 1 aliphatic rings. The lowest BCUT2D eigenvalue weighted by atomic mass is 10.0. The molecule has 1 aromatic rings. The summed E-state index contributed by atoms with van der Waals surface area (Å²) in [6.07, 6.45) is 5.98. The first kappa shape index (κ1) is 9.72. The average molecular weight is 190 g/mol. The molecule has 1 nitrogen and oxygen atoms in total. The molecule has 0 amide bonds. The van der Waals surface area contributed by atoms with E-state index in [1.165, 1.54) is 25.7 Å². The van der Waals surface area contributed by atoms with E-state index in [1.54, 1.807) is 0 Å². The molecule has 0 heterocycles. The van der Waals surface area contributed by atoms with Crippen LogP contribution in [-0.4, -0.2) is 5.11 Å². The Balaban J connectivity index is 1.74. The zero-order valence-corrected chi connectivity index (χ0v) is 8.52. The van der Waals surface area contributed by atoms with Crippen molar-refractivity contribution in [3.63, 3.8) is 0 Å². The van der Waals surface area contributed by atoms with Crippen LogP contribution in [0.4, 0.5) is 0 Å². The summed E-state index contributed by atoms with van der Waals surface area (Å²) in [5.41, 5.74) is 1.06. The lowest BCUT2D eigenvalue weighted by molar-refractivity contribution is 0.163. The Bertz CT molecular complexity index is 264. The molecule has 0 bridgehead atoms. The van der Waals surface area contributed by atoms with Crippen LogP contribution in [0.3, 0.4) is 0 Å². The van der Waals surface area contributed by atoms with Gasteiger partial charge in [-0.2, -0.15) is 0 Å². The third-order valence-corrected chi connectivity index (χ3v) is 2.97. The van der Waals surface area contributed by atoms with Gasteiger partial charge in [0.05, 0.1) is 6.10 Å². The molecule has 1 aliphatic carbocycles. The molecule has 1 aromatic carbocycles. The van der Waals surface area contributed by atoms with E-state index in [4.69, 9.17) is 0 Å². The fourth-order valence-corrected chi connectivity index (χ4v) is 1.85. The summed E-state index contributed by atoms with van der Waals surface area (Å²) in [4.78, 5) is 0. The van der Waals surface area contributed by atoms with Crippen molar-refractivity contribution in [2.75, 3.05) is 0 Å². The van der Waals surface area contributed by atoms with Crippen LogP contribution in [0.2, 0.25) is 0 Å². The van der Waals surface area contributed by atoms with Gasteiger partial charge in [-0.05, 0) is 17.9 Å². The van der Waals surface area contributed by atoms with Crippen molar-refractivity contribution in [1.82, 2.24) is 0 Å². The summed E-state index contributed by atoms with van der Waals surface area (Å²) in [5, 5.41) is 9.85. The lowest BCUT2D eigenvalue weighted by Crippen LogP contribution is -1.96. The summed E-state index contributed by atoms with van der Waals surface area (Å²) >= 11 is 0. The maximum atomic E-state index is 9.85. The van der Waals surface area contributed by atoms with Crippen molar-refractivity contribution < 1.29 is 5.11 Å². The van der Waals surface area contributed by atoms with Gasteiger partial charge in [-0.1, -0.05) is 56.0 Å². The van der Waals surface area contributed by atoms with E-state index < -0.39 is 0 Å². The summed E-state index contributed by atoms with van der Waals surface area (Å²) in [5.74, 6) is 0.984. The van der Waals surface area contributed by atoms with Crippen molar-refractivity contribution in [3.8, 4) is 0 Å². The van der Waals surface area contributed by atoms with Crippen LogP contribution in [0.15, 0.2) is 30.3 Å². The van der Waals surface area contributed by atoms with Gasteiger partial charge in [0.1, 0.15) is 0 Å². The number of aliphatic hydroxyl groups excluding tert-OH is 1. The van der Waals surface area contributed by atoms with E-state index in [9.17, 15) is 5.11 Å². The maximum Gasteiger partial charge on any atom is 0.0790 e. The van der Waals surface area contributed by atoms with Crippen molar-refractivity contribution >= 4 is 0 Å². The monoisotopic (exact) mass is 190 g/mol. The Morgan fingerprint density at radius 1 is 1.21 bits per heavy atom. The number of hydrogen-bond donors (Lipinski definition) is 1. The molecule has 1 saturated carbocycles. The second-order valence-electron chi connectivity index (χ2n) is 4.30. The first-order chi connectivity index (χ1) is 6.86. The first-order valence-corrected chi connectivity index (χ1v) is 5.59. The summed E-state index contributed by atoms with van der Waals surface area (Å²) in [6, 6.07) is 9.96. The number of hydrogen-bond acceptors (Lipinski definition) is 1. The van der Waals surface area contributed by atoms with Crippen LogP contribution in [0.25, 0.3) is 0 Å². The fourth-order valence-electron chi connectivity index (χ4n) is 1.85. The molecular weight excluding hydrogens is 172 g/mol. The highest BCUT2D eigenvalue weighted by Gasteiger charge is 2.20. The quantitative estimate of drug-likeness (QED) is 0.755. The molecule has 1 heteroatoms. The van der Waals surface area contributed by atoms with Gasteiger partial charge in [0.2, 0.25) is 0 Å². The third kappa shape index (κ3) is 2.85. The highest BCUT2D eigenvalue weighted by atomic mass is 16.3. The minimum Gasteiger partial charge on any atom is -0.388 e. The first-order valence-electron chi connectivity index (χ1n) is 5.59. The van der Waals surface area contributed by atoms with Crippen LogP contribution >= 0.6 is 0 Å². The van der Waals surface area contributed by atoms with Gasteiger partial charge in [-0.15, -0.1) is 0 Å². The molecule has 1 N–H and O–H groups in total. The maximum absolute atomic E-state index is 9.85. The molecular formula is C13H18O. The van der Waals surface area contributed by atoms with Gasteiger partial charge < -0.3 is 5.11 Å². The van der Waals surface area contributed by atoms with E-state index in [2.05, 4.69) is 0 Å². The molecule has 14 heavy (non-hydrogen) atoms. The number of benzene rings is 1. The summed E-state index contributed by atoms with van der Waals surface area (Å²) in [7, 11) is 0. The highest BCUT2D eigenvalue weighted by Crippen LogP contribution is 2.34. The predicted octanol–water partition coefficient (Wildman–Crippen LogP) is 3.30. The topological polar surface area (TPSA) is 20.2 Å². The number of aliphatic hydroxyl groups is 1. The van der Waals surface area contributed by atoms with Gasteiger partial charge in [0.15, 0.2) is 0 Å². The Hall–Kier alpha value is -0.820. The second-order valence-corrected chi connectivity index (χ2v) is 4.30. The van der Waals surface area contributed by atoms with Gasteiger partial charge in [-0.25, -0.2) is 0 Å². The van der Waals surface area contributed by atoms with Gasteiger partial charge in [0, 0.05) is 0 Å². The van der Waals surface area contributed by atoms with Crippen molar-refractivity contribution in [2.24, 2.45) is 5.92 Å². The van der Waals surface area contributed by atoms with E-state index in [-0.39, 0.29) is 6.10 Å². The molecule has 1 atom stereocenters. The smallest absolute Gasteiger partial charge is 0.0790 e. The van der Waals surface area contributed by atoms with Gasteiger partial charge in [-0.3, -0.25) is 0 Å². The Morgan fingerprint density at radius 3 is 2.57 bits per heavy atom. The van der Waals surface area contributed by atoms with Crippen molar-refractivity contribution in [1.29, 1.82) is 0 Å². The van der Waals surface area contributed by atoms with Crippen LogP contribution in [0.1, 0.15) is 43.8 Å². The summed E-state index contributed by atoms with van der Waals surface area (Å²) in [6.45, 7) is 0. The normalized spacial score (nSPS) is 18.1. The molecule has 1 fully saturated rings. The molecule has 0 aromatic heterocycles. The molecule has 1 unspecified atom stereocenters. The Labute approximate surface area is 85.8 Å². The van der Waals surface area contributed by atoms with Crippen LogP contribution in [0.5, 0.6) is 0 Å². The third-order valence-electron chi connectivity index (χ3n) is 2.97. The molecule has 0 aliphatic heterocycles. The zero-order valence-electron chi connectivity index (χ0n) is 8.52. The molecule has 0 spiro atoms. The van der Waals surface area contributed by atoms with E-state index in [1.807, 2.05) is 30.3 Å². The summed E-state index contributed by atoms with van der Waals surface area (Å²) < 4.78 is 0. The number of rotatable bonds is 5.